The summed E-state index contributed by atoms with van der Waals surface area (Å²) in [5.74, 6) is 0.565. The van der Waals surface area contributed by atoms with Crippen LogP contribution in [0.25, 0.3) is 11.0 Å². The predicted octanol–water partition coefficient (Wildman–Crippen LogP) is 3.86. The lowest BCUT2D eigenvalue weighted by atomic mass is 10.0. The number of hydrogen-bond acceptors (Lipinski definition) is 1. The van der Waals surface area contributed by atoms with Gasteiger partial charge in [-0.1, -0.05) is 26.0 Å². The van der Waals surface area contributed by atoms with Crippen LogP contribution in [0, 0.1) is 6.92 Å². The summed E-state index contributed by atoms with van der Waals surface area (Å²) in [5.41, 5.74) is 3.55. The number of rotatable bonds is 1. The first kappa shape index (κ1) is 8.36. The fourth-order valence-corrected chi connectivity index (χ4v) is 1.54. The van der Waals surface area contributed by atoms with Crippen LogP contribution in [0.5, 0.6) is 0 Å². The van der Waals surface area contributed by atoms with Crippen molar-refractivity contribution in [3.8, 4) is 0 Å². The quantitative estimate of drug-likeness (QED) is 0.639. The lowest BCUT2D eigenvalue weighted by Gasteiger charge is -2.03. The SMILES string of the molecule is Cc1coc2cc(C(C)C)ccc12. The first-order chi connectivity index (χ1) is 6.18. The minimum atomic E-state index is 0.565. The molecule has 1 heterocycles. The van der Waals surface area contributed by atoms with Crippen LogP contribution in [-0.4, -0.2) is 0 Å². The van der Waals surface area contributed by atoms with Gasteiger partial charge in [0.05, 0.1) is 6.26 Å². The van der Waals surface area contributed by atoms with Crippen molar-refractivity contribution in [2.75, 3.05) is 0 Å². The van der Waals surface area contributed by atoms with E-state index < -0.39 is 0 Å². The van der Waals surface area contributed by atoms with E-state index in [0.717, 1.165) is 5.58 Å². The number of benzene rings is 1. The zero-order valence-electron chi connectivity index (χ0n) is 8.29. The molecule has 0 atom stereocenters. The van der Waals surface area contributed by atoms with Crippen LogP contribution in [0.15, 0.2) is 28.9 Å². The van der Waals surface area contributed by atoms with Crippen molar-refractivity contribution < 1.29 is 4.42 Å². The molecule has 0 aliphatic rings. The minimum Gasteiger partial charge on any atom is -0.464 e. The first-order valence-corrected chi connectivity index (χ1v) is 4.66. The molecule has 0 N–H and O–H groups in total. The average molecular weight is 174 g/mol. The maximum Gasteiger partial charge on any atom is 0.134 e. The minimum absolute atomic E-state index is 0.565. The van der Waals surface area contributed by atoms with Gasteiger partial charge in [-0.25, -0.2) is 0 Å². The van der Waals surface area contributed by atoms with Crippen LogP contribution in [0.3, 0.4) is 0 Å². The van der Waals surface area contributed by atoms with Gasteiger partial charge >= 0.3 is 0 Å². The summed E-state index contributed by atoms with van der Waals surface area (Å²) >= 11 is 0. The van der Waals surface area contributed by atoms with Gasteiger partial charge in [0.25, 0.3) is 0 Å². The molecule has 1 nitrogen and oxygen atoms in total. The average Bonchev–Trinajstić information content (AvgIpc) is 2.47. The third-order valence-electron chi connectivity index (χ3n) is 2.46. The van der Waals surface area contributed by atoms with Crippen molar-refractivity contribution in [3.63, 3.8) is 0 Å². The van der Waals surface area contributed by atoms with Gasteiger partial charge < -0.3 is 4.42 Å². The van der Waals surface area contributed by atoms with Crippen molar-refractivity contribution >= 4 is 11.0 Å². The van der Waals surface area contributed by atoms with Gasteiger partial charge in [-0.15, -0.1) is 0 Å². The van der Waals surface area contributed by atoms with E-state index in [1.165, 1.54) is 16.5 Å². The zero-order valence-corrected chi connectivity index (χ0v) is 8.29. The molecule has 2 aromatic rings. The second-order valence-corrected chi connectivity index (χ2v) is 3.83. The first-order valence-electron chi connectivity index (χ1n) is 4.66. The molecule has 0 aliphatic carbocycles. The van der Waals surface area contributed by atoms with E-state index in [-0.39, 0.29) is 0 Å². The Morgan fingerprint density at radius 2 is 2.00 bits per heavy atom. The van der Waals surface area contributed by atoms with Gasteiger partial charge in [0.2, 0.25) is 0 Å². The Balaban J connectivity index is 2.63. The summed E-state index contributed by atoms with van der Waals surface area (Å²) in [4.78, 5) is 0. The maximum atomic E-state index is 5.44. The van der Waals surface area contributed by atoms with Crippen molar-refractivity contribution in [1.82, 2.24) is 0 Å². The van der Waals surface area contributed by atoms with Crippen LogP contribution in [-0.2, 0) is 0 Å². The van der Waals surface area contributed by atoms with Crippen LogP contribution in [0.2, 0.25) is 0 Å². The Morgan fingerprint density at radius 1 is 1.23 bits per heavy atom. The molecule has 13 heavy (non-hydrogen) atoms. The summed E-state index contributed by atoms with van der Waals surface area (Å²) in [6.07, 6.45) is 1.81. The Labute approximate surface area is 78.4 Å². The zero-order chi connectivity index (χ0) is 9.42. The topological polar surface area (TPSA) is 13.1 Å². The number of fused-ring (bicyclic) bond motifs is 1. The lowest BCUT2D eigenvalue weighted by Crippen LogP contribution is -1.85. The highest BCUT2D eigenvalue weighted by Crippen LogP contribution is 2.24. The number of hydrogen-bond donors (Lipinski definition) is 0. The van der Waals surface area contributed by atoms with Gasteiger partial charge in [0.1, 0.15) is 5.58 Å². The summed E-state index contributed by atoms with van der Waals surface area (Å²) in [5, 5.41) is 1.23. The third kappa shape index (κ3) is 1.35. The second-order valence-electron chi connectivity index (χ2n) is 3.83. The molecular formula is C12H14O. The van der Waals surface area contributed by atoms with E-state index in [1.54, 1.807) is 0 Å². The molecule has 0 saturated carbocycles. The third-order valence-corrected chi connectivity index (χ3v) is 2.46. The van der Waals surface area contributed by atoms with Gasteiger partial charge in [-0.3, -0.25) is 0 Å². The molecule has 0 spiro atoms. The molecule has 1 aromatic heterocycles. The molecular weight excluding hydrogens is 160 g/mol. The van der Waals surface area contributed by atoms with E-state index in [1.807, 2.05) is 6.26 Å². The Bertz CT molecular complexity index is 424. The summed E-state index contributed by atoms with van der Waals surface area (Å²) < 4.78 is 5.44. The van der Waals surface area contributed by atoms with E-state index >= 15 is 0 Å². The molecule has 1 heteroatoms. The van der Waals surface area contributed by atoms with Gasteiger partial charge in [-0.05, 0) is 30.0 Å². The van der Waals surface area contributed by atoms with Crippen molar-refractivity contribution in [1.29, 1.82) is 0 Å². The highest BCUT2D eigenvalue weighted by molar-refractivity contribution is 5.81. The Kier molecular flexibility index (Phi) is 1.87. The molecule has 0 amide bonds. The second kappa shape index (κ2) is 2.91. The highest BCUT2D eigenvalue weighted by Gasteiger charge is 2.04. The Hall–Kier alpha value is -1.24. The molecule has 0 fully saturated rings. The van der Waals surface area contributed by atoms with E-state index in [4.69, 9.17) is 4.42 Å². The fourth-order valence-electron chi connectivity index (χ4n) is 1.54. The molecule has 0 aliphatic heterocycles. The maximum absolute atomic E-state index is 5.44. The van der Waals surface area contributed by atoms with Crippen LogP contribution in [0.1, 0.15) is 30.9 Å². The highest BCUT2D eigenvalue weighted by atomic mass is 16.3. The van der Waals surface area contributed by atoms with Gasteiger partial charge in [0.15, 0.2) is 0 Å². The molecule has 68 valence electrons. The monoisotopic (exact) mass is 174 g/mol. The van der Waals surface area contributed by atoms with E-state index in [9.17, 15) is 0 Å². The Morgan fingerprint density at radius 3 is 2.69 bits per heavy atom. The smallest absolute Gasteiger partial charge is 0.134 e. The van der Waals surface area contributed by atoms with Crippen molar-refractivity contribution in [3.05, 3.63) is 35.6 Å². The number of aryl methyl sites for hydroxylation is 1. The van der Waals surface area contributed by atoms with Crippen molar-refractivity contribution in [2.24, 2.45) is 0 Å². The summed E-state index contributed by atoms with van der Waals surface area (Å²) in [6, 6.07) is 6.45. The van der Waals surface area contributed by atoms with Crippen LogP contribution >= 0.6 is 0 Å². The van der Waals surface area contributed by atoms with Gasteiger partial charge in [-0.2, -0.15) is 0 Å². The predicted molar refractivity (Wildman–Crippen MR) is 55.0 cm³/mol. The molecule has 0 bridgehead atoms. The van der Waals surface area contributed by atoms with E-state index in [2.05, 4.69) is 39.0 Å². The standard InChI is InChI=1S/C12H14O/c1-8(2)10-4-5-11-9(3)7-13-12(11)6-10/h4-8H,1-3H3. The van der Waals surface area contributed by atoms with Crippen molar-refractivity contribution in [2.45, 2.75) is 26.7 Å². The number of furan rings is 1. The van der Waals surface area contributed by atoms with E-state index in [0.29, 0.717) is 5.92 Å². The van der Waals surface area contributed by atoms with Gasteiger partial charge in [0, 0.05) is 5.39 Å². The summed E-state index contributed by atoms with van der Waals surface area (Å²) in [6.45, 7) is 6.45. The van der Waals surface area contributed by atoms with Crippen LogP contribution < -0.4 is 0 Å². The molecule has 0 saturated heterocycles. The molecule has 1 aromatic carbocycles. The molecule has 2 rings (SSSR count). The normalized spacial score (nSPS) is 11.4. The summed E-state index contributed by atoms with van der Waals surface area (Å²) in [7, 11) is 0. The largest absolute Gasteiger partial charge is 0.464 e. The molecule has 0 unspecified atom stereocenters. The fraction of sp³-hybridized carbons (Fsp3) is 0.333. The lowest BCUT2D eigenvalue weighted by molar-refractivity contribution is 0.612. The van der Waals surface area contributed by atoms with Crippen LogP contribution in [0.4, 0.5) is 0 Å². The molecule has 0 radical (unpaired) electrons.